The number of benzene rings is 2. The minimum absolute atomic E-state index is 0.106. The van der Waals surface area contributed by atoms with Gasteiger partial charge in [0.1, 0.15) is 34.8 Å². The Morgan fingerprint density at radius 3 is 1.44 bits per heavy atom. The molecule has 0 unspecified atom stereocenters. The fourth-order valence-corrected chi connectivity index (χ4v) is 3.21. The smallest absolute Gasteiger partial charge is 0.394 e. The van der Waals surface area contributed by atoms with Crippen LogP contribution < -0.4 is 9.47 Å². The van der Waals surface area contributed by atoms with Crippen molar-refractivity contribution in [2.75, 3.05) is 0 Å². The van der Waals surface area contributed by atoms with Crippen molar-refractivity contribution in [2.24, 2.45) is 0 Å². The average molecular weight is 458 g/mol. The standard InChI is InChI=1S/C23H26F4O5/c1-3-5-7-13-19(9-17(24)15(11-28)21(13)26)31-23(30)32-20-10-18(25)16(12-29)22(27)14(20)8-6-4-2/h9-10,28-29H,3-8,11-12H2,1-2H3. The Morgan fingerprint density at radius 2 is 1.12 bits per heavy atom. The number of ether oxygens (including phenoxy) is 2. The van der Waals surface area contributed by atoms with Gasteiger partial charge in [0, 0.05) is 34.4 Å². The van der Waals surface area contributed by atoms with Gasteiger partial charge in [-0.2, -0.15) is 0 Å². The van der Waals surface area contributed by atoms with Crippen LogP contribution in [0.25, 0.3) is 0 Å². The van der Waals surface area contributed by atoms with Gasteiger partial charge in [-0.1, -0.05) is 26.7 Å². The van der Waals surface area contributed by atoms with Crippen molar-refractivity contribution < 1.29 is 42.0 Å². The van der Waals surface area contributed by atoms with Gasteiger partial charge in [-0.25, -0.2) is 22.4 Å². The van der Waals surface area contributed by atoms with E-state index in [1.165, 1.54) is 0 Å². The normalized spacial score (nSPS) is 11.0. The van der Waals surface area contributed by atoms with Crippen LogP contribution in [-0.2, 0) is 26.1 Å². The first-order valence-electron chi connectivity index (χ1n) is 10.4. The molecule has 2 N–H and O–H groups in total. The minimum atomic E-state index is -1.44. The molecule has 5 nitrogen and oxygen atoms in total. The lowest BCUT2D eigenvalue weighted by Crippen LogP contribution is -2.18. The van der Waals surface area contributed by atoms with E-state index < -0.39 is 65.3 Å². The van der Waals surface area contributed by atoms with Crippen LogP contribution in [0.3, 0.4) is 0 Å². The number of carbonyl (C=O) groups excluding carboxylic acids is 1. The Bertz CT molecular complexity index is 887. The first-order valence-corrected chi connectivity index (χ1v) is 10.4. The highest BCUT2D eigenvalue weighted by atomic mass is 19.1. The molecule has 0 radical (unpaired) electrons. The monoisotopic (exact) mass is 458 g/mol. The molecular weight excluding hydrogens is 432 g/mol. The van der Waals surface area contributed by atoms with Gasteiger partial charge in [-0.15, -0.1) is 0 Å². The summed E-state index contributed by atoms with van der Waals surface area (Å²) < 4.78 is 67.5. The molecule has 0 aliphatic heterocycles. The molecule has 0 bridgehead atoms. The van der Waals surface area contributed by atoms with E-state index in [4.69, 9.17) is 9.47 Å². The Hall–Kier alpha value is -2.65. The fourth-order valence-electron chi connectivity index (χ4n) is 3.21. The molecule has 0 aliphatic carbocycles. The third-order valence-corrected chi connectivity index (χ3v) is 5.01. The molecule has 0 saturated heterocycles. The van der Waals surface area contributed by atoms with E-state index >= 15 is 0 Å². The number of halogens is 4. The van der Waals surface area contributed by atoms with Crippen molar-refractivity contribution >= 4 is 6.16 Å². The summed E-state index contributed by atoms with van der Waals surface area (Å²) >= 11 is 0. The predicted molar refractivity (Wildman–Crippen MR) is 108 cm³/mol. The molecule has 0 heterocycles. The third kappa shape index (κ3) is 5.77. The molecule has 0 atom stereocenters. The van der Waals surface area contributed by atoms with Gasteiger partial charge in [0.15, 0.2) is 0 Å². The maximum atomic E-state index is 14.6. The quantitative estimate of drug-likeness (QED) is 0.280. The molecule has 0 fully saturated rings. The van der Waals surface area contributed by atoms with Crippen LogP contribution in [0.15, 0.2) is 12.1 Å². The van der Waals surface area contributed by atoms with E-state index in [0.717, 1.165) is 12.1 Å². The summed E-state index contributed by atoms with van der Waals surface area (Å²) in [4.78, 5) is 12.4. The van der Waals surface area contributed by atoms with Gasteiger partial charge in [-0.3, -0.25) is 0 Å². The van der Waals surface area contributed by atoms with E-state index in [-0.39, 0.29) is 24.0 Å². The van der Waals surface area contributed by atoms with Crippen LogP contribution >= 0.6 is 0 Å². The number of hydrogen-bond acceptors (Lipinski definition) is 5. The molecule has 0 aliphatic rings. The summed E-state index contributed by atoms with van der Waals surface area (Å²) in [7, 11) is 0. The molecule has 0 spiro atoms. The Labute approximate surface area is 183 Å². The second-order valence-corrected chi connectivity index (χ2v) is 7.23. The van der Waals surface area contributed by atoms with E-state index in [1.807, 2.05) is 13.8 Å². The molecule has 32 heavy (non-hydrogen) atoms. The Morgan fingerprint density at radius 1 is 0.750 bits per heavy atom. The molecule has 0 aromatic heterocycles. The van der Waals surface area contributed by atoms with Crippen LogP contribution in [-0.4, -0.2) is 16.4 Å². The molecule has 0 saturated carbocycles. The van der Waals surface area contributed by atoms with Gasteiger partial charge in [0.05, 0.1) is 13.2 Å². The van der Waals surface area contributed by atoms with Gasteiger partial charge >= 0.3 is 6.16 Å². The van der Waals surface area contributed by atoms with Crippen molar-refractivity contribution in [1.82, 2.24) is 0 Å². The molecular formula is C23H26F4O5. The van der Waals surface area contributed by atoms with Gasteiger partial charge in [0.25, 0.3) is 0 Å². The average Bonchev–Trinajstić information content (AvgIpc) is 2.73. The van der Waals surface area contributed by atoms with Crippen LogP contribution in [0.4, 0.5) is 22.4 Å². The van der Waals surface area contributed by atoms with Crippen LogP contribution in [0.1, 0.15) is 61.8 Å². The van der Waals surface area contributed by atoms with Crippen molar-refractivity contribution in [3.05, 3.63) is 57.7 Å². The van der Waals surface area contributed by atoms with E-state index in [0.29, 0.717) is 25.7 Å². The van der Waals surface area contributed by atoms with Crippen molar-refractivity contribution in [2.45, 2.75) is 65.6 Å². The highest BCUT2D eigenvalue weighted by Gasteiger charge is 2.24. The number of aliphatic hydroxyl groups is 2. The second kappa shape index (κ2) is 11.8. The van der Waals surface area contributed by atoms with E-state index in [2.05, 4.69) is 0 Å². The molecule has 0 amide bonds. The summed E-state index contributed by atoms with van der Waals surface area (Å²) in [5, 5.41) is 18.4. The summed E-state index contributed by atoms with van der Waals surface area (Å²) in [5.74, 6) is -5.17. The highest BCUT2D eigenvalue weighted by molar-refractivity contribution is 5.68. The summed E-state index contributed by atoms with van der Waals surface area (Å²) in [6.45, 7) is 1.94. The zero-order valence-electron chi connectivity index (χ0n) is 17.9. The van der Waals surface area contributed by atoms with Crippen LogP contribution in [0, 0.1) is 23.3 Å². The molecule has 9 heteroatoms. The molecule has 2 rings (SSSR count). The third-order valence-electron chi connectivity index (χ3n) is 5.01. The largest absolute Gasteiger partial charge is 0.519 e. The summed E-state index contributed by atoms with van der Waals surface area (Å²) in [6.07, 6.45) is 1.12. The number of rotatable bonds is 10. The topological polar surface area (TPSA) is 76.0 Å². The van der Waals surface area contributed by atoms with Crippen molar-refractivity contribution in [3.8, 4) is 11.5 Å². The van der Waals surface area contributed by atoms with Gasteiger partial charge < -0.3 is 19.7 Å². The number of hydrogen-bond donors (Lipinski definition) is 2. The maximum Gasteiger partial charge on any atom is 0.519 e. The van der Waals surface area contributed by atoms with E-state index in [9.17, 15) is 32.6 Å². The lowest BCUT2D eigenvalue weighted by molar-refractivity contribution is 0.150. The van der Waals surface area contributed by atoms with Crippen molar-refractivity contribution in [1.29, 1.82) is 0 Å². The summed E-state index contributed by atoms with van der Waals surface area (Å²) in [5.41, 5.74) is -1.34. The van der Waals surface area contributed by atoms with Gasteiger partial charge in [-0.05, 0) is 25.7 Å². The summed E-state index contributed by atoms with van der Waals surface area (Å²) in [6, 6.07) is 1.52. The number of aliphatic hydroxyl groups excluding tert-OH is 2. The second-order valence-electron chi connectivity index (χ2n) is 7.23. The lowest BCUT2D eigenvalue weighted by atomic mass is 10.0. The minimum Gasteiger partial charge on any atom is -0.394 e. The Kier molecular flexibility index (Phi) is 9.46. The molecule has 2 aromatic carbocycles. The highest BCUT2D eigenvalue weighted by Crippen LogP contribution is 2.32. The first-order chi connectivity index (χ1) is 15.3. The van der Waals surface area contributed by atoms with Crippen LogP contribution in [0.2, 0.25) is 0 Å². The van der Waals surface area contributed by atoms with E-state index in [1.54, 1.807) is 0 Å². The zero-order chi connectivity index (χ0) is 23.8. The van der Waals surface area contributed by atoms with Crippen LogP contribution in [0.5, 0.6) is 11.5 Å². The number of unbranched alkanes of at least 4 members (excludes halogenated alkanes) is 2. The van der Waals surface area contributed by atoms with Gasteiger partial charge in [0.2, 0.25) is 0 Å². The Balaban J connectivity index is 2.38. The fraction of sp³-hybridized carbons (Fsp3) is 0.435. The molecule has 2 aromatic rings. The lowest BCUT2D eigenvalue weighted by Gasteiger charge is -2.16. The number of carbonyl (C=O) groups is 1. The molecule has 176 valence electrons. The van der Waals surface area contributed by atoms with Crippen molar-refractivity contribution in [3.63, 3.8) is 0 Å². The maximum absolute atomic E-state index is 14.6. The SMILES string of the molecule is CCCCc1c(OC(=O)Oc2cc(F)c(CO)c(F)c2CCCC)cc(F)c(CO)c1F. The predicted octanol–water partition coefficient (Wildman–Crippen LogP) is 5.49. The zero-order valence-corrected chi connectivity index (χ0v) is 17.9. The first kappa shape index (κ1) is 25.6.